The number of amides is 3. The van der Waals surface area contributed by atoms with Gasteiger partial charge in [-0.25, -0.2) is 23.0 Å². The Hall–Kier alpha value is -4.94. The summed E-state index contributed by atoms with van der Waals surface area (Å²) in [5.74, 6) is -0.999. The van der Waals surface area contributed by atoms with Gasteiger partial charge in [0.05, 0.1) is 12.9 Å². The molecule has 1 aromatic heterocycles. The van der Waals surface area contributed by atoms with Crippen molar-refractivity contribution < 1.29 is 46.6 Å². The second-order valence-corrected chi connectivity index (χ2v) is 18.0. The number of ether oxygens (including phenoxy) is 3. The van der Waals surface area contributed by atoms with Crippen molar-refractivity contribution in [1.82, 2.24) is 15.2 Å². The number of thioether (sulfide) groups is 1. The van der Waals surface area contributed by atoms with E-state index >= 15 is 0 Å². The van der Waals surface area contributed by atoms with Crippen LogP contribution in [-0.2, 0) is 58.0 Å². The van der Waals surface area contributed by atoms with Crippen LogP contribution in [0.3, 0.4) is 0 Å². The number of sulfone groups is 1. The van der Waals surface area contributed by atoms with E-state index in [2.05, 4.69) is 20.8 Å². The van der Waals surface area contributed by atoms with Gasteiger partial charge in [0.2, 0.25) is 0 Å². The average Bonchev–Trinajstić information content (AvgIpc) is 3.58. The number of hydrogen-bond acceptors (Lipinski definition) is 14. The maximum atomic E-state index is 13.9. The molecular formula is C37H43N5O10S3. The lowest BCUT2D eigenvalue weighted by atomic mass is 9.94. The van der Waals surface area contributed by atoms with Gasteiger partial charge in [-0.1, -0.05) is 35.5 Å². The predicted molar refractivity (Wildman–Crippen MR) is 209 cm³/mol. The Morgan fingerprint density at radius 1 is 1.07 bits per heavy atom. The number of methoxy groups -OCH3 is 1. The molecule has 0 radical (unpaired) electrons. The van der Waals surface area contributed by atoms with E-state index in [1.165, 1.54) is 35.4 Å². The van der Waals surface area contributed by atoms with E-state index in [1.54, 1.807) is 52.1 Å². The summed E-state index contributed by atoms with van der Waals surface area (Å²) < 4.78 is 40.0. The molecule has 5 rings (SSSR count). The average molecular weight is 814 g/mol. The molecule has 1 saturated heterocycles. The Balaban J connectivity index is 1.37. The third-order valence-corrected chi connectivity index (χ3v) is 11.6. The molecule has 1 fully saturated rings. The van der Waals surface area contributed by atoms with Crippen molar-refractivity contribution in [1.29, 1.82) is 0 Å². The molecular weight excluding hydrogens is 771 g/mol. The van der Waals surface area contributed by atoms with Crippen molar-refractivity contribution in [2.24, 2.45) is 5.16 Å². The summed E-state index contributed by atoms with van der Waals surface area (Å²) >= 11 is 2.42. The van der Waals surface area contributed by atoms with Gasteiger partial charge in [-0.05, 0) is 80.5 Å². The summed E-state index contributed by atoms with van der Waals surface area (Å²) in [5.41, 5.74) is 3.23. The molecule has 294 valence electrons. The van der Waals surface area contributed by atoms with E-state index in [0.29, 0.717) is 35.5 Å². The number of rotatable bonds is 14. The van der Waals surface area contributed by atoms with Gasteiger partial charge in [0.25, 0.3) is 11.8 Å². The highest BCUT2D eigenvalue weighted by molar-refractivity contribution is 8.00. The maximum absolute atomic E-state index is 13.9. The van der Waals surface area contributed by atoms with Crippen LogP contribution in [0, 0.1) is 6.92 Å². The molecule has 0 unspecified atom stereocenters. The first-order valence-corrected chi connectivity index (χ1v) is 21.1. The van der Waals surface area contributed by atoms with Gasteiger partial charge >= 0.3 is 12.1 Å². The molecule has 55 heavy (non-hydrogen) atoms. The van der Waals surface area contributed by atoms with Gasteiger partial charge < -0.3 is 24.4 Å². The standard InChI is InChI=1S/C37H43N5O10S3/c1-21-23(15-16-55(7,47)48)9-8-10-24(21)17-25-19-53-33-29(32(44)42(33)30(25)34(45)51-18-22-11-13-26(49-5)14-12-22)39-31(43)28(41-50-6)27-20-54-35(38-27)40-36(46)52-37(2,3)4/h8-14,20,29,33H,15-19H2,1-7H3,(H,39,43)(H,38,40,46)/b41-28-/t29-,33-/m1/s1. The van der Waals surface area contributed by atoms with Crippen LogP contribution in [0.4, 0.5) is 9.93 Å². The Morgan fingerprint density at radius 2 is 1.78 bits per heavy atom. The zero-order chi connectivity index (χ0) is 40.1. The van der Waals surface area contributed by atoms with Gasteiger partial charge in [0.1, 0.15) is 57.7 Å². The fourth-order valence-electron chi connectivity index (χ4n) is 5.81. The first-order valence-electron chi connectivity index (χ1n) is 17.1. The molecule has 2 atom stereocenters. The molecule has 2 N–H and O–H groups in total. The molecule has 3 aromatic rings. The molecule has 18 heteroatoms. The molecule has 2 aliphatic rings. The number of benzene rings is 2. The van der Waals surface area contributed by atoms with Crippen molar-refractivity contribution >= 4 is 67.7 Å². The minimum atomic E-state index is -3.18. The summed E-state index contributed by atoms with van der Waals surface area (Å²) in [5, 5.41) is 10.1. The minimum absolute atomic E-state index is 0.000739. The fraction of sp³-hybridized carbons (Fsp3) is 0.405. The number of nitrogens with zero attached hydrogens (tertiary/aromatic N) is 3. The zero-order valence-electron chi connectivity index (χ0n) is 31.5. The van der Waals surface area contributed by atoms with E-state index in [4.69, 9.17) is 19.0 Å². The maximum Gasteiger partial charge on any atom is 0.413 e. The first-order chi connectivity index (χ1) is 26.0. The van der Waals surface area contributed by atoms with Crippen LogP contribution in [0.15, 0.2) is 64.3 Å². The molecule has 2 aromatic carbocycles. The molecule has 3 heterocycles. The predicted octanol–water partition coefficient (Wildman–Crippen LogP) is 4.38. The van der Waals surface area contributed by atoms with E-state index in [-0.39, 0.29) is 34.6 Å². The van der Waals surface area contributed by atoms with E-state index in [0.717, 1.165) is 28.0 Å². The summed E-state index contributed by atoms with van der Waals surface area (Å²) in [4.78, 5) is 64.2. The monoisotopic (exact) mass is 813 g/mol. The Kier molecular flexibility index (Phi) is 12.9. The number of fused-ring (bicyclic) bond motifs is 1. The topological polar surface area (TPSA) is 192 Å². The van der Waals surface area contributed by atoms with Crippen LogP contribution in [-0.4, -0.2) is 96.9 Å². The van der Waals surface area contributed by atoms with E-state index < -0.39 is 50.7 Å². The van der Waals surface area contributed by atoms with Gasteiger partial charge in [-0.2, -0.15) is 0 Å². The largest absolute Gasteiger partial charge is 0.497 e. The Labute approximate surface area is 327 Å². The van der Waals surface area contributed by atoms with Gasteiger partial charge in [-0.15, -0.1) is 23.1 Å². The van der Waals surface area contributed by atoms with Crippen LogP contribution < -0.4 is 15.4 Å². The van der Waals surface area contributed by atoms with Crippen molar-refractivity contribution in [3.05, 3.63) is 87.1 Å². The van der Waals surface area contributed by atoms with Crippen LogP contribution in [0.2, 0.25) is 0 Å². The Bertz CT molecular complexity index is 2120. The van der Waals surface area contributed by atoms with Crippen molar-refractivity contribution in [3.8, 4) is 5.75 Å². The lowest BCUT2D eigenvalue weighted by molar-refractivity contribution is -0.153. The number of aryl methyl sites for hydroxylation is 1. The number of carbonyl (C=O) groups excluding carboxylic acids is 4. The third-order valence-electron chi connectivity index (χ3n) is 8.51. The number of esters is 1. The highest BCUT2D eigenvalue weighted by Gasteiger charge is 2.54. The quantitative estimate of drug-likeness (QED) is 0.101. The number of hydrogen-bond donors (Lipinski definition) is 2. The molecule has 0 aliphatic carbocycles. The molecule has 0 bridgehead atoms. The fourth-order valence-corrected chi connectivity index (χ4v) is 8.42. The van der Waals surface area contributed by atoms with Crippen LogP contribution in [0.25, 0.3) is 0 Å². The summed E-state index contributed by atoms with van der Waals surface area (Å²) in [6.07, 6.45) is 1.12. The Morgan fingerprint density at radius 3 is 2.44 bits per heavy atom. The van der Waals surface area contributed by atoms with Crippen LogP contribution in [0.5, 0.6) is 5.75 Å². The normalized spacial score (nSPS) is 17.2. The first kappa shape index (κ1) is 41.2. The number of β-lactam (4-membered cyclic amide) rings is 1. The smallest absolute Gasteiger partial charge is 0.413 e. The summed E-state index contributed by atoms with van der Waals surface area (Å²) in [7, 11) is -0.376. The third kappa shape index (κ3) is 10.4. The second-order valence-electron chi connectivity index (χ2n) is 13.8. The van der Waals surface area contributed by atoms with Crippen LogP contribution >= 0.6 is 23.1 Å². The van der Waals surface area contributed by atoms with Crippen molar-refractivity contribution in [2.45, 2.75) is 64.2 Å². The molecule has 0 saturated carbocycles. The van der Waals surface area contributed by atoms with E-state index in [1.807, 2.05) is 25.1 Å². The number of nitrogens with one attached hydrogen (secondary N) is 2. The molecule has 15 nitrogen and oxygen atoms in total. The van der Waals surface area contributed by atoms with Gasteiger partial charge in [-0.3, -0.25) is 19.8 Å². The van der Waals surface area contributed by atoms with Gasteiger partial charge in [0, 0.05) is 17.4 Å². The number of oxime groups is 1. The summed E-state index contributed by atoms with van der Waals surface area (Å²) in [6.45, 7) is 7.01. The lowest BCUT2D eigenvalue weighted by Gasteiger charge is -2.49. The zero-order valence-corrected chi connectivity index (χ0v) is 33.9. The van der Waals surface area contributed by atoms with Crippen molar-refractivity contribution in [2.75, 3.05) is 37.3 Å². The highest BCUT2D eigenvalue weighted by atomic mass is 32.2. The number of thiazole rings is 1. The SMILES string of the molecule is CO/N=C(\C(=O)N[C@@H]1C(=O)N2C(C(=O)OCc3ccc(OC)cc3)=C(Cc3cccc(CCS(C)(=O)=O)c3C)CS[C@H]12)c1csc(NC(=O)OC(C)(C)C)n1. The molecule has 3 amide bonds. The molecule has 2 aliphatic heterocycles. The van der Waals surface area contributed by atoms with E-state index in [9.17, 15) is 27.6 Å². The number of carbonyl (C=O) groups is 4. The van der Waals surface area contributed by atoms with Crippen LogP contribution in [0.1, 0.15) is 48.7 Å². The molecule has 0 spiro atoms. The highest BCUT2D eigenvalue weighted by Crippen LogP contribution is 2.42. The number of aromatic nitrogens is 1. The second kappa shape index (κ2) is 17.2. The van der Waals surface area contributed by atoms with Gasteiger partial charge in [0.15, 0.2) is 10.8 Å². The van der Waals surface area contributed by atoms with Crippen molar-refractivity contribution in [3.63, 3.8) is 0 Å². The number of anilines is 1. The summed E-state index contributed by atoms with van der Waals surface area (Å²) in [6, 6.07) is 11.6. The minimum Gasteiger partial charge on any atom is -0.497 e. The lowest BCUT2D eigenvalue weighted by Crippen LogP contribution is -2.71.